The van der Waals surface area contributed by atoms with E-state index in [0.717, 1.165) is 23.5 Å². The number of aromatic nitrogens is 2. The zero-order valence-electron chi connectivity index (χ0n) is 12.5. The quantitative estimate of drug-likeness (QED) is 0.749. The van der Waals surface area contributed by atoms with Crippen LogP contribution in [0.4, 0.5) is 0 Å². The third-order valence-electron chi connectivity index (χ3n) is 3.76. The van der Waals surface area contributed by atoms with Gasteiger partial charge in [0.2, 0.25) is 0 Å². The van der Waals surface area contributed by atoms with Crippen LogP contribution >= 0.6 is 23.2 Å². The smallest absolute Gasteiger partial charge is 0.113 e. The Balaban J connectivity index is 1.83. The second-order valence-corrected chi connectivity index (χ2v) is 6.17. The SMILES string of the molecule is NCc1cccc(Cn2ccnc2Cc2cccc(Cl)c2Cl)c1. The van der Waals surface area contributed by atoms with Crippen LogP contribution in [0.5, 0.6) is 0 Å². The topological polar surface area (TPSA) is 43.8 Å². The summed E-state index contributed by atoms with van der Waals surface area (Å²) in [5.74, 6) is 0.951. The largest absolute Gasteiger partial charge is 0.330 e. The molecule has 0 saturated carbocycles. The molecule has 0 atom stereocenters. The van der Waals surface area contributed by atoms with E-state index in [9.17, 15) is 0 Å². The maximum absolute atomic E-state index is 6.28. The Labute approximate surface area is 145 Å². The van der Waals surface area contributed by atoms with Crippen LogP contribution in [0.3, 0.4) is 0 Å². The first kappa shape index (κ1) is 16.1. The van der Waals surface area contributed by atoms with E-state index in [4.69, 9.17) is 28.9 Å². The second-order valence-electron chi connectivity index (χ2n) is 5.39. The summed E-state index contributed by atoms with van der Waals surface area (Å²) in [5.41, 5.74) is 9.01. The zero-order chi connectivity index (χ0) is 16.2. The van der Waals surface area contributed by atoms with E-state index < -0.39 is 0 Å². The normalized spacial score (nSPS) is 10.9. The highest BCUT2D eigenvalue weighted by atomic mass is 35.5. The van der Waals surface area contributed by atoms with Crippen molar-refractivity contribution in [1.82, 2.24) is 9.55 Å². The molecule has 1 heterocycles. The fourth-order valence-electron chi connectivity index (χ4n) is 2.56. The Morgan fingerprint density at radius 3 is 2.65 bits per heavy atom. The summed E-state index contributed by atoms with van der Waals surface area (Å²) in [6.07, 6.45) is 4.42. The molecule has 2 aromatic carbocycles. The Kier molecular flexibility index (Phi) is 5.01. The summed E-state index contributed by atoms with van der Waals surface area (Å²) in [4.78, 5) is 4.46. The number of nitrogens with zero attached hydrogens (tertiary/aromatic N) is 2. The van der Waals surface area contributed by atoms with Gasteiger partial charge in [-0.05, 0) is 22.8 Å². The number of rotatable bonds is 5. The van der Waals surface area contributed by atoms with Gasteiger partial charge in [-0.3, -0.25) is 0 Å². The van der Waals surface area contributed by atoms with Gasteiger partial charge in [0.1, 0.15) is 5.82 Å². The minimum atomic E-state index is 0.544. The molecule has 0 fully saturated rings. The first-order chi connectivity index (χ1) is 11.2. The lowest BCUT2D eigenvalue weighted by Crippen LogP contribution is -2.06. The van der Waals surface area contributed by atoms with E-state index in [2.05, 4.69) is 21.7 Å². The van der Waals surface area contributed by atoms with Crippen LogP contribution < -0.4 is 5.73 Å². The highest BCUT2D eigenvalue weighted by Crippen LogP contribution is 2.27. The van der Waals surface area contributed by atoms with Gasteiger partial charge in [-0.2, -0.15) is 0 Å². The van der Waals surface area contributed by atoms with Crippen molar-refractivity contribution in [3.05, 3.63) is 87.4 Å². The summed E-state index contributed by atoms with van der Waals surface area (Å²) in [5, 5.41) is 1.16. The molecular weight excluding hydrogens is 329 g/mol. The van der Waals surface area contributed by atoms with Crippen LogP contribution in [0.1, 0.15) is 22.5 Å². The molecule has 1 aromatic heterocycles. The van der Waals surface area contributed by atoms with Gasteiger partial charge >= 0.3 is 0 Å². The molecule has 5 heteroatoms. The standard InChI is InChI=1S/C18H17Cl2N3/c19-16-6-2-5-15(18(16)20)10-17-22-7-8-23(17)12-14-4-1-3-13(9-14)11-21/h1-9H,10-12,21H2. The molecule has 3 aromatic rings. The van der Waals surface area contributed by atoms with Gasteiger partial charge in [0, 0.05) is 31.9 Å². The van der Waals surface area contributed by atoms with E-state index in [1.807, 2.05) is 30.5 Å². The van der Waals surface area contributed by atoms with Gasteiger partial charge in [0.05, 0.1) is 10.0 Å². The predicted octanol–water partition coefficient (Wildman–Crippen LogP) is 4.29. The minimum absolute atomic E-state index is 0.544. The Morgan fingerprint density at radius 1 is 1.04 bits per heavy atom. The maximum atomic E-state index is 6.28. The molecular formula is C18H17Cl2N3. The van der Waals surface area contributed by atoms with Crippen molar-refractivity contribution in [3.63, 3.8) is 0 Å². The Hall–Kier alpha value is -1.81. The molecule has 0 aliphatic carbocycles. The van der Waals surface area contributed by atoms with Crippen molar-refractivity contribution in [1.29, 1.82) is 0 Å². The van der Waals surface area contributed by atoms with E-state index in [1.54, 1.807) is 12.3 Å². The number of hydrogen-bond donors (Lipinski definition) is 1. The molecule has 0 bridgehead atoms. The van der Waals surface area contributed by atoms with Crippen molar-refractivity contribution >= 4 is 23.2 Å². The average molecular weight is 346 g/mol. The molecule has 0 saturated heterocycles. The van der Waals surface area contributed by atoms with E-state index in [0.29, 0.717) is 23.0 Å². The molecule has 0 unspecified atom stereocenters. The molecule has 3 rings (SSSR count). The zero-order valence-corrected chi connectivity index (χ0v) is 14.1. The minimum Gasteiger partial charge on any atom is -0.330 e. The fraction of sp³-hybridized carbons (Fsp3) is 0.167. The summed E-state index contributed by atoms with van der Waals surface area (Å²) >= 11 is 12.4. The van der Waals surface area contributed by atoms with Crippen LogP contribution in [0.2, 0.25) is 10.0 Å². The first-order valence-electron chi connectivity index (χ1n) is 7.38. The fourth-order valence-corrected chi connectivity index (χ4v) is 2.95. The first-order valence-corrected chi connectivity index (χ1v) is 8.13. The average Bonchev–Trinajstić information content (AvgIpc) is 2.99. The lowest BCUT2D eigenvalue weighted by molar-refractivity contribution is 0.739. The summed E-state index contributed by atoms with van der Waals surface area (Å²) in [6, 6.07) is 13.9. The Bertz CT molecular complexity index is 812. The number of hydrogen-bond acceptors (Lipinski definition) is 2. The van der Waals surface area contributed by atoms with Gasteiger partial charge in [0.25, 0.3) is 0 Å². The van der Waals surface area contributed by atoms with Crippen LogP contribution in [0.15, 0.2) is 54.9 Å². The molecule has 0 aliphatic heterocycles. The van der Waals surface area contributed by atoms with Crippen molar-refractivity contribution in [2.24, 2.45) is 5.73 Å². The van der Waals surface area contributed by atoms with Gasteiger partial charge in [-0.25, -0.2) is 4.98 Å². The summed E-state index contributed by atoms with van der Waals surface area (Å²) in [7, 11) is 0. The molecule has 3 nitrogen and oxygen atoms in total. The van der Waals surface area contributed by atoms with Gasteiger partial charge < -0.3 is 10.3 Å². The molecule has 2 N–H and O–H groups in total. The van der Waals surface area contributed by atoms with Crippen LogP contribution in [0, 0.1) is 0 Å². The second kappa shape index (κ2) is 7.18. The van der Waals surface area contributed by atoms with E-state index in [1.165, 1.54) is 5.56 Å². The molecule has 0 amide bonds. The summed E-state index contributed by atoms with van der Waals surface area (Å²) in [6.45, 7) is 1.30. The molecule has 0 radical (unpaired) electrons. The third kappa shape index (κ3) is 3.75. The number of nitrogens with two attached hydrogens (primary N) is 1. The molecule has 0 aliphatic rings. The van der Waals surface area contributed by atoms with Crippen molar-refractivity contribution < 1.29 is 0 Å². The van der Waals surface area contributed by atoms with Crippen LogP contribution in [-0.2, 0) is 19.5 Å². The highest BCUT2D eigenvalue weighted by molar-refractivity contribution is 6.42. The molecule has 118 valence electrons. The number of benzene rings is 2. The number of halogens is 2. The van der Waals surface area contributed by atoms with E-state index >= 15 is 0 Å². The lowest BCUT2D eigenvalue weighted by atomic mass is 10.1. The van der Waals surface area contributed by atoms with Crippen molar-refractivity contribution in [2.75, 3.05) is 0 Å². The monoisotopic (exact) mass is 345 g/mol. The maximum Gasteiger partial charge on any atom is 0.113 e. The van der Waals surface area contributed by atoms with Gasteiger partial charge in [-0.15, -0.1) is 0 Å². The third-order valence-corrected chi connectivity index (χ3v) is 4.62. The van der Waals surface area contributed by atoms with Gasteiger partial charge in [-0.1, -0.05) is 59.6 Å². The highest BCUT2D eigenvalue weighted by Gasteiger charge is 2.10. The van der Waals surface area contributed by atoms with Gasteiger partial charge in [0.15, 0.2) is 0 Å². The van der Waals surface area contributed by atoms with E-state index in [-0.39, 0.29) is 0 Å². The van der Waals surface area contributed by atoms with Crippen molar-refractivity contribution in [2.45, 2.75) is 19.5 Å². The molecule has 0 spiro atoms. The lowest BCUT2D eigenvalue weighted by Gasteiger charge is -2.10. The predicted molar refractivity (Wildman–Crippen MR) is 94.9 cm³/mol. The van der Waals surface area contributed by atoms with Crippen LogP contribution in [-0.4, -0.2) is 9.55 Å². The molecule has 23 heavy (non-hydrogen) atoms. The summed E-state index contributed by atoms with van der Waals surface area (Å²) < 4.78 is 2.12. The van der Waals surface area contributed by atoms with Crippen molar-refractivity contribution in [3.8, 4) is 0 Å². The Morgan fingerprint density at radius 2 is 1.83 bits per heavy atom. The van der Waals surface area contributed by atoms with Crippen LogP contribution in [0.25, 0.3) is 0 Å². The number of imidazole rings is 1.